The van der Waals surface area contributed by atoms with E-state index in [1.165, 1.54) is 0 Å². The lowest BCUT2D eigenvalue weighted by molar-refractivity contribution is -0.122. The Balaban J connectivity index is 1.44. The number of aryl methyl sites for hydroxylation is 1. The van der Waals surface area contributed by atoms with E-state index >= 15 is 0 Å². The van der Waals surface area contributed by atoms with Gasteiger partial charge in [-0.3, -0.25) is 9.59 Å². The van der Waals surface area contributed by atoms with E-state index in [0.717, 1.165) is 33.9 Å². The number of thiazole rings is 1. The molecule has 1 unspecified atom stereocenters. The van der Waals surface area contributed by atoms with E-state index in [1.807, 2.05) is 53.9 Å². The number of carbonyl (C=O) groups excluding carboxylic acids is 2. The Kier molecular flexibility index (Phi) is 5.21. The van der Waals surface area contributed by atoms with E-state index in [4.69, 9.17) is 0 Å². The molecule has 0 aliphatic carbocycles. The average Bonchev–Trinajstić information content (AvgIpc) is 3.38. The summed E-state index contributed by atoms with van der Waals surface area (Å²) in [6.07, 6.45) is 2.86. The van der Waals surface area contributed by atoms with Crippen LogP contribution in [0.1, 0.15) is 18.9 Å². The van der Waals surface area contributed by atoms with Gasteiger partial charge in [0.05, 0.1) is 5.92 Å². The molecule has 6 heteroatoms. The molecule has 0 saturated carbocycles. The number of anilines is 2. The van der Waals surface area contributed by atoms with Crippen LogP contribution in [0, 0.1) is 5.92 Å². The van der Waals surface area contributed by atoms with E-state index < -0.39 is 0 Å². The summed E-state index contributed by atoms with van der Waals surface area (Å²) in [5.74, 6) is -0.469. The first-order valence-electron chi connectivity index (χ1n) is 9.34. The topological polar surface area (TPSA) is 62.3 Å². The second-order valence-electron chi connectivity index (χ2n) is 6.79. The minimum Gasteiger partial charge on any atom is -0.326 e. The minimum atomic E-state index is -0.351. The standard InChI is InChI=1S/C22H21N3O2S/c1-2-15-5-3-4-6-19(15)25-14-17(13-20(25)26)21(27)24-18-9-7-16(8-10-18)22-23-11-12-28-22/h3-12,17H,2,13-14H2,1H3,(H,24,27). The van der Waals surface area contributed by atoms with Gasteiger partial charge in [0, 0.05) is 41.5 Å². The van der Waals surface area contributed by atoms with Gasteiger partial charge in [-0.05, 0) is 42.3 Å². The second-order valence-corrected chi connectivity index (χ2v) is 7.69. The number of amides is 2. The molecule has 1 aromatic heterocycles. The number of nitrogens with one attached hydrogen (secondary N) is 1. The summed E-state index contributed by atoms with van der Waals surface area (Å²) >= 11 is 1.58. The number of aromatic nitrogens is 1. The molecule has 0 radical (unpaired) electrons. The van der Waals surface area contributed by atoms with Crippen molar-refractivity contribution in [2.24, 2.45) is 5.92 Å². The Morgan fingerprint density at radius 2 is 2.00 bits per heavy atom. The third-order valence-corrected chi connectivity index (χ3v) is 5.81. The van der Waals surface area contributed by atoms with Crippen LogP contribution in [0.5, 0.6) is 0 Å². The van der Waals surface area contributed by atoms with Crippen molar-refractivity contribution < 1.29 is 9.59 Å². The van der Waals surface area contributed by atoms with Gasteiger partial charge in [0.2, 0.25) is 11.8 Å². The van der Waals surface area contributed by atoms with Crippen LogP contribution in [-0.4, -0.2) is 23.3 Å². The van der Waals surface area contributed by atoms with Crippen LogP contribution in [0.15, 0.2) is 60.1 Å². The SMILES string of the molecule is CCc1ccccc1N1CC(C(=O)Nc2ccc(-c3nccs3)cc2)CC1=O. The Hall–Kier alpha value is -2.99. The molecule has 0 spiro atoms. The van der Waals surface area contributed by atoms with Crippen molar-refractivity contribution in [3.8, 4) is 10.6 Å². The quantitative estimate of drug-likeness (QED) is 0.703. The van der Waals surface area contributed by atoms with Crippen LogP contribution in [0.4, 0.5) is 11.4 Å². The first kappa shape index (κ1) is 18.4. The Bertz CT molecular complexity index is 983. The van der Waals surface area contributed by atoms with Crippen molar-refractivity contribution in [3.63, 3.8) is 0 Å². The number of nitrogens with zero attached hydrogens (tertiary/aromatic N) is 2. The van der Waals surface area contributed by atoms with E-state index in [2.05, 4.69) is 17.2 Å². The van der Waals surface area contributed by atoms with E-state index in [9.17, 15) is 9.59 Å². The highest BCUT2D eigenvalue weighted by Gasteiger charge is 2.35. The number of hydrogen-bond acceptors (Lipinski definition) is 4. The zero-order valence-corrected chi connectivity index (χ0v) is 16.4. The highest BCUT2D eigenvalue weighted by molar-refractivity contribution is 7.13. The first-order valence-corrected chi connectivity index (χ1v) is 10.2. The van der Waals surface area contributed by atoms with E-state index in [1.54, 1.807) is 22.4 Å². The minimum absolute atomic E-state index is 0.000155. The van der Waals surface area contributed by atoms with Gasteiger partial charge >= 0.3 is 0 Å². The molecule has 2 amide bonds. The normalized spacial score (nSPS) is 16.4. The third-order valence-electron chi connectivity index (χ3n) is 4.99. The van der Waals surface area contributed by atoms with Crippen LogP contribution in [0.3, 0.4) is 0 Å². The molecule has 1 N–H and O–H groups in total. The fraction of sp³-hybridized carbons (Fsp3) is 0.227. The number of rotatable bonds is 5. The lowest BCUT2D eigenvalue weighted by atomic mass is 10.1. The highest BCUT2D eigenvalue weighted by atomic mass is 32.1. The Morgan fingerprint density at radius 1 is 1.21 bits per heavy atom. The zero-order valence-electron chi connectivity index (χ0n) is 15.6. The fourth-order valence-electron chi connectivity index (χ4n) is 3.50. The molecule has 2 heterocycles. The zero-order chi connectivity index (χ0) is 19.5. The molecule has 1 aliphatic heterocycles. The van der Waals surface area contributed by atoms with Gasteiger partial charge in [-0.1, -0.05) is 25.1 Å². The van der Waals surface area contributed by atoms with Gasteiger partial charge in [-0.2, -0.15) is 0 Å². The van der Waals surface area contributed by atoms with Crippen molar-refractivity contribution in [2.75, 3.05) is 16.8 Å². The largest absolute Gasteiger partial charge is 0.326 e. The number of para-hydroxylation sites is 1. The third kappa shape index (κ3) is 3.68. The van der Waals surface area contributed by atoms with Crippen molar-refractivity contribution in [1.82, 2.24) is 4.98 Å². The summed E-state index contributed by atoms with van der Waals surface area (Å²) in [4.78, 5) is 31.3. The molecule has 5 nitrogen and oxygen atoms in total. The first-order chi connectivity index (χ1) is 13.7. The van der Waals surface area contributed by atoms with Crippen LogP contribution in [-0.2, 0) is 16.0 Å². The molecule has 1 saturated heterocycles. The molecular weight excluding hydrogens is 370 g/mol. The van der Waals surface area contributed by atoms with Gasteiger partial charge in [0.15, 0.2) is 0 Å². The maximum absolute atomic E-state index is 12.7. The second kappa shape index (κ2) is 7.94. The molecule has 1 atom stereocenters. The molecule has 2 aromatic carbocycles. The summed E-state index contributed by atoms with van der Waals surface area (Å²) in [7, 11) is 0. The summed E-state index contributed by atoms with van der Waals surface area (Å²) in [6.45, 7) is 2.48. The fourth-order valence-corrected chi connectivity index (χ4v) is 4.14. The van der Waals surface area contributed by atoms with Gasteiger partial charge in [0.25, 0.3) is 0 Å². The molecule has 28 heavy (non-hydrogen) atoms. The number of carbonyl (C=O) groups is 2. The van der Waals surface area contributed by atoms with Crippen molar-refractivity contribution in [1.29, 1.82) is 0 Å². The molecule has 142 valence electrons. The van der Waals surface area contributed by atoms with Gasteiger partial charge in [0.1, 0.15) is 5.01 Å². The van der Waals surface area contributed by atoms with Crippen LogP contribution in [0.2, 0.25) is 0 Å². The van der Waals surface area contributed by atoms with Crippen LogP contribution in [0.25, 0.3) is 10.6 Å². The lowest BCUT2D eigenvalue weighted by Gasteiger charge is -2.20. The Labute approximate surface area is 168 Å². The molecule has 3 aromatic rings. The van der Waals surface area contributed by atoms with E-state index in [0.29, 0.717) is 6.54 Å². The van der Waals surface area contributed by atoms with Gasteiger partial charge in [-0.25, -0.2) is 4.98 Å². The maximum Gasteiger partial charge on any atom is 0.229 e. The molecular formula is C22H21N3O2S. The molecule has 0 bridgehead atoms. The van der Waals surface area contributed by atoms with Crippen molar-refractivity contribution in [2.45, 2.75) is 19.8 Å². The average molecular weight is 391 g/mol. The predicted octanol–water partition coefficient (Wildman–Crippen LogP) is 4.36. The maximum atomic E-state index is 12.7. The van der Waals surface area contributed by atoms with E-state index in [-0.39, 0.29) is 24.2 Å². The summed E-state index contributed by atoms with van der Waals surface area (Å²) in [6, 6.07) is 15.5. The smallest absolute Gasteiger partial charge is 0.229 e. The number of hydrogen-bond donors (Lipinski definition) is 1. The summed E-state index contributed by atoms with van der Waals surface area (Å²) in [5, 5.41) is 5.83. The van der Waals surface area contributed by atoms with Crippen molar-refractivity contribution in [3.05, 3.63) is 65.7 Å². The van der Waals surface area contributed by atoms with Crippen molar-refractivity contribution >= 4 is 34.5 Å². The van der Waals surface area contributed by atoms with Gasteiger partial charge in [-0.15, -0.1) is 11.3 Å². The monoisotopic (exact) mass is 391 g/mol. The Morgan fingerprint density at radius 3 is 2.71 bits per heavy atom. The highest BCUT2D eigenvalue weighted by Crippen LogP contribution is 2.29. The number of benzene rings is 2. The predicted molar refractivity (Wildman–Crippen MR) is 112 cm³/mol. The molecule has 1 aliphatic rings. The van der Waals surface area contributed by atoms with Crippen LogP contribution >= 0.6 is 11.3 Å². The lowest BCUT2D eigenvalue weighted by Crippen LogP contribution is -2.28. The summed E-state index contributed by atoms with van der Waals surface area (Å²) < 4.78 is 0. The van der Waals surface area contributed by atoms with Crippen LogP contribution < -0.4 is 10.2 Å². The summed E-state index contributed by atoms with van der Waals surface area (Å²) in [5.41, 5.74) is 3.78. The molecule has 4 rings (SSSR count). The molecule has 1 fully saturated rings. The van der Waals surface area contributed by atoms with Gasteiger partial charge < -0.3 is 10.2 Å².